The summed E-state index contributed by atoms with van der Waals surface area (Å²) in [6.45, 7) is 2.38. The number of piperidine rings is 1. The van der Waals surface area contributed by atoms with Crippen LogP contribution in [0.1, 0.15) is 18.5 Å². The minimum Gasteiger partial charge on any atom is -0.476 e. The predicted molar refractivity (Wildman–Crippen MR) is 58.1 cm³/mol. The molecule has 0 atom stereocenters. The molecule has 2 heterocycles. The zero-order valence-electron chi connectivity index (χ0n) is 9.70. The highest BCUT2D eigenvalue weighted by molar-refractivity contribution is 5.13. The summed E-state index contributed by atoms with van der Waals surface area (Å²) >= 11 is 0. The monoisotopic (exact) mass is 261 g/mol. The molecule has 0 saturated carbocycles. The van der Waals surface area contributed by atoms with Gasteiger partial charge in [-0.1, -0.05) is 0 Å². The number of halogens is 3. The van der Waals surface area contributed by atoms with Crippen LogP contribution in [0.3, 0.4) is 0 Å². The van der Waals surface area contributed by atoms with Crippen LogP contribution in [0.4, 0.5) is 13.2 Å². The van der Waals surface area contributed by atoms with E-state index in [0.29, 0.717) is 12.5 Å². The van der Waals surface area contributed by atoms with Crippen molar-refractivity contribution < 1.29 is 17.9 Å². The van der Waals surface area contributed by atoms with Crippen LogP contribution < -0.4 is 10.1 Å². The van der Waals surface area contributed by atoms with Gasteiger partial charge in [-0.15, -0.1) is 10.2 Å². The highest BCUT2D eigenvalue weighted by Crippen LogP contribution is 2.27. The molecule has 4 nitrogen and oxygen atoms in total. The summed E-state index contributed by atoms with van der Waals surface area (Å²) in [4.78, 5) is 0. The van der Waals surface area contributed by atoms with Gasteiger partial charge in [0.2, 0.25) is 5.88 Å². The van der Waals surface area contributed by atoms with E-state index in [4.69, 9.17) is 4.74 Å². The molecule has 1 aliphatic heterocycles. The van der Waals surface area contributed by atoms with E-state index in [0.717, 1.165) is 32.0 Å². The van der Waals surface area contributed by atoms with Gasteiger partial charge in [0, 0.05) is 6.07 Å². The van der Waals surface area contributed by atoms with Crippen molar-refractivity contribution in [3.8, 4) is 5.88 Å². The molecule has 0 radical (unpaired) electrons. The lowest BCUT2D eigenvalue weighted by atomic mass is 9.99. The SMILES string of the molecule is FC(F)(F)c1ccc(OCC2CCNCC2)nn1. The van der Waals surface area contributed by atoms with Crippen LogP contribution >= 0.6 is 0 Å². The maximum atomic E-state index is 12.2. The first-order valence-corrected chi connectivity index (χ1v) is 5.80. The van der Waals surface area contributed by atoms with Crippen LogP contribution in [0, 0.1) is 5.92 Å². The fourth-order valence-electron chi connectivity index (χ4n) is 1.80. The van der Waals surface area contributed by atoms with Gasteiger partial charge in [0.15, 0.2) is 5.69 Å². The molecular weight excluding hydrogens is 247 g/mol. The van der Waals surface area contributed by atoms with E-state index in [9.17, 15) is 13.2 Å². The third kappa shape index (κ3) is 3.56. The second kappa shape index (κ2) is 5.51. The van der Waals surface area contributed by atoms with Crippen LogP contribution in [-0.2, 0) is 6.18 Å². The highest BCUT2D eigenvalue weighted by Gasteiger charge is 2.33. The Hall–Kier alpha value is -1.37. The van der Waals surface area contributed by atoms with Gasteiger partial charge in [-0.25, -0.2) is 0 Å². The minimum atomic E-state index is -4.46. The number of alkyl halides is 3. The third-order valence-electron chi connectivity index (χ3n) is 2.86. The van der Waals surface area contributed by atoms with Crippen LogP contribution in [0.5, 0.6) is 5.88 Å². The Kier molecular flexibility index (Phi) is 4.00. The van der Waals surface area contributed by atoms with E-state index in [-0.39, 0.29) is 5.88 Å². The first-order valence-electron chi connectivity index (χ1n) is 5.80. The number of nitrogens with zero attached hydrogens (tertiary/aromatic N) is 2. The topological polar surface area (TPSA) is 47.0 Å². The van der Waals surface area contributed by atoms with Crippen molar-refractivity contribution in [2.45, 2.75) is 19.0 Å². The average Bonchev–Trinajstić information content (AvgIpc) is 2.37. The lowest BCUT2D eigenvalue weighted by Gasteiger charge is -2.22. The number of hydrogen-bond acceptors (Lipinski definition) is 4. The molecular formula is C11H14F3N3O. The summed E-state index contributed by atoms with van der Waals surface area (Å²) in [5, 5.41) is 9.75. The summed E-state index contributed by atoms with van der Waals surface area (Å²) in [6, 6.07) is 2.08. The van der Waals surface area contributed by atoms with Gasteiger partial charge in [-0.3, -0.25) is 0 Å². The van der Waals surface area contributed by atoms with Crippen molar-refractivity contribution in [3.05, 3.63) is 17.8 Å². The molecule has 7 heteroatoms. The zero-order chi connectivity index (χ0) is 13.0. The Labute approximate surface area is 103 Å². The molecule has 100 valence electrons. The maximum Gasteiger partial charge on any atom is 0.435 e. The third-order valence-corrected chi connectivity index (χ3v) is 2.86. The van der Waals surface area contributed by atoms with E-state index in [1.807, 2.05) is 0 Å². The summed E-state index contributed by atoms with van der Waals surface area (Å²) in [7, 11) is 0. The Morgan fingerprint density at radius 1 is 1.22 bits per heavy atom. The summed E-state index contributed by atoms with van der Waals surface area (Å²) in [5.41, 5.74) is -1.00. The lowest BCUT2D eigenvalue weighted by molar-refractivity contribution is -0.141. The molecule has 1 saturated heterocycles. The second-order valence-corrected chi connectivity index (χ2v) is 4.26. The van der Waals surface area contributed by atoms with Crippen LogP contribution in [-0.4, -0.2) is 29.9 Å². The normalized spacial score (nSPS) is 17.7. The quantitative estimate of drug-likeness (QED) is 0.902. The number of ether oxygens (including phenoxy) is 1. The zero-order valence-corrected chi connectivity index (χ0v) is 9.70. The molecule has 0 aromatic carbocycles. The molecule has 0 unspecified atom stereocenters. The first kappa shape index (κ1) is 13.1. The predicted octanol–water partition coefficient (Wildman–Crippen LogP) is 1.87. The van der Waals surface area contributed by atoms with Crippen molar-refractivity contribution in [1.82, 2.24) is 15.5 Å². The smallest absolute Gasteiger partial charge is 0.435 e. The largest absolute Gasteiger partial charge is 0.476 e. The molecule has 1 fully saturated rings. The summed E-state index contributed by atoms with van der Waals surface area (Å²) in [5.74, 6) is 0.567. The Balaban J connectivity index is 1.86. The fourth-order valence-corrected chi connectivity index (χ4v) is 1.80. The van der Waals surface area contributed by atoms with E-state index in [1.165, 1.54) is 6.07 Å². The summed E-state index contributed by atoms with van der Waals surface area (Å²) in [6.07, 6.45) is -2.44. The van der Waals surface area contributed by atoms with E-state index >= 15 is 0 Å². The molecule has 0 amide bonds. The number of rotatable bonds is 3. The van der Waals surface area contributed by atoms with Crippen molar-refractivity contribution in [2.24, 2.45) is 5.92 Å². The molecule has 1 N–H and O–H groups in total. The number of aromatic nitrogens is 2. The van der Waals surface area contributed by atoms with Crippen molar-refractivity contribution in [2.75, 3.05) is 19.7 Å². The van der Waals surface area contributed by atoms with Crippen LogP contribution in [0.25, 0.3) is 0 Å². The molecule has 0 bridgehead atoms. The lowest BCUT2D eigenvalue weighted by Crippen LogP contribution is -2.30. The molecule has 0 spiro atoms. The van der Waals surface area contributed by atoms with Crippen molar-refractivity contribution in [3.63, 3.8) is 0 Å². The van der Waals surface area contributed by atoms with Gasteiger partial charge in [0.1, 0.15) is 0 Å². The van der Waals surface area contributed by atoms with Crippen LogP contribution in [0.15, 0.2) is 12.1 Å². The van der Waals surface area contributed by atoms with Gasteiger partial charge in [0.25, 0.3) is 0 Å². The Morgan fingerprint density at radius 2 is 1.94 bits per heavy atom. The molecule has 2 rings (SSSR count). The first-order chi connectivity index (χ1) is 8.55. The highest BCUT2D eigenvalue weighted by atomic mass is 19.4. The van der Waals surface area contributed by atoms with E-state index < -0.39 is 11.9 Å². The van der Waals surface area contributed by atoms with E-state index in [2.05, 4.69) is 15.5 Å². The molecule has 1 aromatic rings. The van der Waals surface area contributed by atoms with Gasteiger partial charge in [0.05, 0.1) is 6.61 Å². The van der Waals surface area contributed by atoms with Gasteiger partial charge in [-0.2, -0.15) is 13.2 Å². The fraction of sp³-hybridized carbons (Fsp3) is 0.636. The average molecular weight is 261 g/mol. The van der Waals surface area contributed by atoms with E-state index in [1.54, 1.807) is 0 Å². The Morgan fingerprint density at radius 3 is 2.50 bits per heavy atom. The van der Waals surface area contributed by atoms with Gasteiger partial charge < -0.3 is 10.1 Å². The molecule has 1 aromatic heterocycles. The Bertz CT molecular complexity index is 374. The summed E-state index contributed by atoms with van der Waals surface area (Å²) < 4.78 is 42.1. The molecule has 18 heavy (non-hydrogen) atoms. The molecule has 0 aliphatic carbocycles. The maximum absolute atomic E-state index is 12.2. The number of hydrogen-bond donors (Lipinski definition) is 1. The molecule has 1 aliphatic rings. The van der Waals surface area contributed by atoms with Gasteiger partial charge in [-0.05, 0) is 37.9 Å². The van der Waals surface area contributed by atoms with Crippen molar-refractivity contribution >= 4 is 0 Å². The standard InChI is InChI=1S/C11H14F3N3O/c12-11(13,14)9-1-2-10(17-16-9)18-7-8-3-5-15-6-4-8/h1-2,8,15H,3-7H2. The minimum absolute atomic E-state index is 0.140. The van der Waals surface area contributed by atoms with Gasteiger partial charge >= 0.3 is 6.18 Å². The van der Waals surface area contributed by atoms with Crippen LogP contribution in [0.2, 0.25) is 0 Å². The van der Waals surface area contributed by atoms with Crippen molar-refractivity contribution in [1.29, 1.82) is 0 Å². The second-order valence-electron chi connectivity index (χ2n) is 4.26. The number of nitrogens with one attached hydrogen (secondary N) is 1.